The summed E-state index contributed by atoms with van der Waals surface area (Å²) in [5.41, 5.74) is 4.18. The van der Waals surface area contributed by atoms with Crippen molar-refractivity contribution in [2.24, 2.45) is 5.10 Å². The molecule has 2 aliphatic heterocycles. The van der Waals surface area contributed by atoms with E-state index in [1.165, 1.54) is 0 Å². The third kappa shape index (κ3) is 3.34. The van der Waals surface area contributed by atoms with E-state index in [9.17, 15) is 0 Å². The molecule has 0 fully saturated rings. The number of rotatable bonds is 5. The summed E-state index contributed by atoms with van der Waals surface area (Å²) in [5, 5.41) is 7.06. The van der Waals surface area contributed by atoms with E-state index in [-0.39, 0.29) is 12.3 Å². The number of hydrazone groups is 1. The number of hydrogen-bond donors (Lipinski definition) is 0. The molecule has 0 aromatic heterocycles. The normalized spacial score (nSPS) is 19.1. The van der Waals surface area contributed by atoms with E-state index in [1.807, 2.05) is 60.7 Å². The molecule has 0 amide bonds. The number of para-hydroxylation sites is 1. The molecule has 0 bridgehead atoms. The van der Waals surface area contributed by atoms with Gasteiger partial charge in [0, 0.05) is 17.5 Å². The van der Waals surface area contributed by atoms with Gasteiger partial charge < -0.3 is 18.9 Å². The SMILES string of the molecule is COc1ccc(C2=NN3[C@H](C2)c2cccc(OC)c2O[C@@H]3c2ccc(OC)cc2)cc1. The smallest absolute Gasteiger partial charge is 0.214 e. The summed E-state index contributed by atoms with van der Waals surface area (Å²) in [5.74, 6) is 3.14. The van der Waals surface area contributed by atoms with Gasteiger partial charge in [-0.3, -0.25) is 0 Å². The molecule has 2 aliphatic rings. The Kier molecular flexibility index (Phi) is 4.90. The lowest BCUT2D eigenvalue weighted by molar-refractivity contribution is -0.0209. The van der Waals surface area contributed by atoms with E-state index in [0.717, 1.165) is 51.8 Å². The van der Waals surface area contributed by atoms with E-state index >= 15 is 0 Å². The summed E-state index contributed by atoms with van der Waals surface area (Å²) in [6, 6.07) is 22.0. The zero-order chi connectivity index (χ0) is 21.4. The Morgan fingerprint density at radius 2 is 1.52 bits per heavy atom. The Hall–Kier alpha value is -3.67. The van der Waals surface area contributed by atoms with Crippen LogP contribution in [0.2, 0.25) is 0 Å². The molecule has 0 radical (unpaired) electrons. The minimum Gasteiger partial charge on any atom is -0.497 e. The predicted molar refractivity (Wildman–Crippen MR) is 118 cm³/mol. The summed E-state index contributed by atoms with van der Waals surface area (Å²) < 4.78 is 22.7. The second-order valence-electron chi connectivity index (χ2n) is 7.50. The quantitative estimate of drug-likeness (QED) is 0.589. The van der Waals surface area contributed by atoms with Crippen molar-refractivity contribution in [1.29, 1.82) is 0 Å². The van der Waals surface area contributed by atoms with E-state index in [4.69, 9.17) is 24.0 Å². The van der Waals surface area contributed by atoms with Crippen LogP contribution in [0.4, 0.5) is 0 Å². The minimum absolute atomic E-state index is 0.0584. The highest BCUT2D eigenvalue weighted by Crippen LogP contribution is 2.50. The highest BCUT2D eigenvalue weighted by molar-refractivity contribution is 6.02. The molecule has 5 rings (SSSR count). The Morgan fingerprint density at radius 3 is 2.16 bits per heavy atom. The fourth-order valence-corrected chi connectivity index (χ4v) is 4.19. The largest absolute Gasteiger partial charge is 0.497 e. The molecule has 0 N–H and O–H groups in total. The molecular weight excluding hydrogens is 392 g/mol. The number of nitrogens with zero attached hydrogens (tertiary/aromatic N) is 2. The molecule has 3 aromatic rings. The van der Waals surface area contributed by atoms with Crippen molar-refractivity contribution in [3.63, 3.8) is 0 Å². The molecule has 0 saturated heterocycles. The van der Waals surface area contributed by atoms with E-state index < -0.39 is 0 Å². The third-order valence-electron chi connectivity index (χ3n) is 5.82. The van der Waals surface area contributed by atoms with Gasteiger partial charge in [0.1, 0.15) is 11.5 Å². The van der Waals surface area contributed by atoms with Crippen LogP contribution in [-0.4, -0.2) is 32.0 Å². The first-order chi connectivity index (χ1) is 15.2. The number of methoxy groups -OCH3 is 3. The Bertz CT molecular complexity index is 1110. The summed E-state index contributed by atoms with van der Waals surface area (Å²) >= 11 is 0. The van der Waals surface area contributed by atoms with Gasteiger partial charge >= 0.3 is 0 Å². The van der Waals surface area contributed by atoms with Crippen molar-refractivity contribution < 1.29 is 18.9 Å². The van der Waals surface area contributed by atoms with Crippen LogP contribution >= 0.6 is 0 Å². The monoisotopic (exact) mass is 416 g/mol. The third-order valence-corrected chi connectivity index (χ3v) is 5.82. The van der Waals surface area contributed by atoms with Crippen LogP contribution in [0.15, 0.2) is 71.8 Å². The molecule has 0 spiro atoms. The van der Waals surface area contributed by atoms with Crippen LogP contribution in [0, 0.1) is 0 Å². The highest BCUT2D eigenvalue weighted by atomic mass is 16.5. The van der Waals surface area contributed by atoms with Crippen molar-refractivity contribution >= 4 is 5.71 Å². The van der Waals surface area contributed by atoms with Gasteiger partial charge in [0.2, 0.25) is 6.23 Å². The molecule has 3 aromatic carbocycles. The van der Waals surface area contributed by atoms with Crippen LogP contribution in [0.25, 0.3) is 0 Å². The maximum absolute atomic E-state index is 6.48. The first-order valence-electron chi connectivity index (χ1n) is 10.2. The topological polar surface area (TPSA) is 52.5 Å². The zero-order valence-corrected chi connectivity index (χ0v) is 17.7. The highest BCUT2D eigenvalue weighted by Gasteiger charge is 2.42. The molecule has 0 aliphatic carbocycles. The molecule has 31 heavy (non-hydrogen) atoms. The standard InChI is InChI=1S/C25H24N2O4/c1-28-18-11-7-16(8-12-18)21-15-22-20-5-4-6-23(30-3)24(20)31-25(27(22)26-21)17-9-13-19(29-2)14-10-17/h4-14,22,25H,15H2,1-3H3/t22-,25-/m1/s1. The molecule has 6 nitrogen and oxygen atoms in total. The maximum atomic E-state index is 6.48. The lowest BCUT2D eigenvalue weighted by Gasteiger charge is -2.38. The lowest BCUT2D eigenvalue weighted by atomic mass is 9.95. The molecule has 0 saturated carbocycles. The fourth-order valence-electron chi connectivity index (χ4n) is 4.19. The Balaban J connectivity index is 1.57. The average molecular weight is 416 g/mol. The van der Waals surface area contributed by atoms with Gasteiger partial charge in [-0.05, 0) is 60.2 Å². The second-order valence-corrected chi connectivity index (χ2v) is 7.50. The van der Waals surface area contributed by atoms with E-state index in [2.05, 4.69) is 11.1 Å². The van der Waals surface area contributed by atoms with Crippen molar-refractivity contribution in [1.82, 2.24) is 5.01 Å². The fraction of sp³-hybridized carbons (Fsp3) is 0.240. The number of fused-ring (bicyclic) bond motifs is 3. The number of benzene rings is 3. The molecule has 2 atom stereocenters. The Labute approximate surface area is 181 Å². The van der Waals surface area contributed by atoms with Crippen LogP contribution in [-0.2, 0) is 0 Å². The van der Waals surface area contributed by atoms with Gasteiger partial charge in [0.25, 0.3) is 0 Å². The van der Waals surface area contributed by atoms with Crippen LogP contribution < -0.4 is 18.9 Å². The van der Waals surface area contributed by atoms with Gasteiger partial charge in [0.05, 0.1) is 33.1 Å². The van der Waals surface area contributed by atoms with Crippen molar-refractivity contribution in [2.75, 3.05) is 21.3 Å². The first kappa shape index (κ1) is 19.3. The van der Waals surface area contributed by atoms with E-state index in [1.54, 1.807) is 21.3 Å². The van der Waals surface area contributed by atoms with Crippen LogP contribution in [0.5, 0.6) is 23.0 Å². The minimum atomic E-state index is -0.365. The second kappa shape index (κ2) is 7.87. The van der Waals surface area contributed by atoms with Crippen LogP contribution in [0.1, 0.15) is 35.4 Å². The lowest BCUT2D eigenvalue weighted by Crippen LogP contribution is -2.33. The number of ether oxygens (including phenoxy) is 4. The van der Waals surface area contributed by atoms with E-state index in [0.29, 0.717) is 0 Å². The summed E-state index contributed by atoms with van der Waals surface area (Å²) in [7, 11) is 5.00. The van der Waals surface area contributed by atoms with Gasteiger partial charge in [-0.2, -0.15) is 5.10 Å². The predicted octanol–water partition coefficient (Wildman–Crippen LogP) is 4.95. The van der Waals surface area contributed by atoms with Crippen molar-refractivity contribution in [2.45, 2.75) is 18.7 Å². The van der Waals surface area contributed by atoms with Crippen molar-refractivity contribution in [3.05, 3.63) is 83.4 Å². The van der Waals surface area contributed by atoms with Crippen LogP contribution in [0.3, 0.4) is 0 Å². The van der Waals surface area contributed by atoms with Gasteiger partial charge in [-0.1, -0.05) is 12.1 Å². The summed E-state index contributed by atoms with van der Waals surface area (Å²) in [4.78, 5) is 0. The molecule has 6 heteroatoms. The number of hydrogen-bond acceptors (Lipinski definition) is 6. The molecule has 0 unspecified atom stereocenters. The Morgan fingerprint density at radius 1 is 0.839 bits per heavy atom. The van der Waals surface area contributed by atoms with Gasteiger partial charge in [-0.25, -0.2) is 5.01 Å². The molecular formula is C25H24N2O4. The summed E-state index contributed by atoms with van der Waals surface area (Å²) in [6.45, 7) is 0. The van der Waals surface area contributed by atoms with Gasteiger partial charge in [0.15, 0.2) is 11.5 Å². The first-order valence-corrected chi connectivity index (χ1v) is 10.2. The van der Waals surface area contributed by atoms with Crippen molar-refractivity contribution in [3.8, 4) is 23.0 Å². The average Bonchev–Trinajstić information content (AvgIpc) is 3.29. The maximum Gasteiger partial charge on any atom is 0.214 e. The summed E-state index contributed by atoms with van der Waals surface area (Å²) in [6.07, 6.45) is 0.415. The molecule has 2 heterocycles. The van der Waals surface area contributed by atoms with Gasteiger partial charge in [-0.15, -0.1) is 0 Å². The zero-order valence-electron chi connectivity index (χ0n) is 17.7. The molecule has 158 valence electrons.